The minimum atomic E-state index is -0.0794. The normalized spacial score (nSPS) is 14.0. The molecule has 0 unspecified atom stereocenters. The van der Waals surface area contributed by atoms with Gasteiger partial charge in [-0.2, -0.15) is 0 Å². The molecule has 17 aromatic carbocycles. The molecule has 3 heteroatoms. The smallest absolute Gasteiger partial charge is 0.0624 e. The van der Waals surface area contributed by atoms with Gasteiger partial charge in [-0.25, -0.2) is 0 Å². The van der Waals surface area contributed by atoms with E-state index in [2.05, 4.69) is 354 Å². The number of para-hydroxylation sites is 1. The van der Waals surface area contributed by atoms with Gasteiger partial charge < -0.3 is 13.2 Å². The lowest BCUT2D eigenvalue weighted by atomic mass is 9.80. The Labute approximate surface area is 607 Å². The topological polar surface area (TPSA) is 13.2 Å². The number of benzene rings is 17. The number of hydrogen-bond acceptors (Lipinski definition) is 0. The monoisotopic (exact) mass is 1340 g/mol. The minimum absolute atomic E-state index is 0.0608. The zero-order valence-corrected chi connectivity index (χ0v) is 60.1. The van der Waals surface area contributed by atoms with Crippen molar-refractivity contribution in [2.24, 2.45) is 0 Å². The summed E-state index contributed by atoms with van der Waals surface area (Å²) in [6, 6.07) is 107. The lowest BCUT2D eigenvalue weighted by Crippen LogP contribution is -2.15. The molecule has 0 spiro atoms. The molecule has 0 amide bonds. The highest BCUT2D eigenvalue weighted by molar-refractivity contribution is 6.32. The molecule has 496 valence electrons. The zero-order chi connectivity index (χ0) is 69.9. The van der Waals surface area contributed by atoms with Gasteiger partial charge in [-0.05, 0) is 211 Å². The van der Waals surface area contributed by atoms with E-state index in [-0.39, 0.29) is 10.8 Å². The molecule has 0 atom stereocenters. The van der Waals surface area contributed by atoms with Gasteiger partial charge >= 0.3 is 0 Å². The predicted octanol–water partition coefficient (Wildman–Crippen LogP) is 28.3. The van der Waals surface area contributed by atoms with Crippen molar-refractivity contribution in [2.75, 3.05) is 0 Å². The number of fused-ring (bicyclic) bond motifs is 33. The second kappa shape index (κ2) is 20.7. The molecule has 105 heavy (non-hydrogen) atoms. The second-order valence-electron chi connectivity index (χ2n) is 32.3. The van der Waals surface area contributed by atoms with Crippen LogP contribution in [0, 0.1) is 0 Å². The number of nitrogens with zero attached hydrogens (tertiary/aromatic N) is 3. The fraction of sp³-hybridized carbons (Fsp3) is 0.118. The summed E-state index contributed by atoms with van der Waals surface area (Å²) in [4.78, 5) is 0. The van der Waals surface area contributed by atoms with Gasteiger partial charge in [0, 0.05) is 75.5 Å². The van der Waals surface area contributed by atoms with Gasteiger partial charge in [0.05, 0.1) is 49.7 Å². The molecular formula is C102H73N3. The van der Waals surface area contributed by atoms with E-state index in [1.165, 1.54) is 235 Å². The zero-order valence-electron chi connectivity index (χ0n) is 60.1. The van der Waals surface area contributed by atoms with Crippen LogP contribution in [0.2, 0.25) is 0 Å². The molecule has 0 saturated heterocycles. The van der Waals surface area contributed by atoms with Crippen LogP contribution in [0.15, 0.2) is 285 Å². The average molecular weight is 1340 g/mol. The first-order valence-electron chi connectivity index (χ1n) is 37.7. The molecular weight excluding hydrogens is 1270 g/mol. The molecule has 2 aliphatic rings. The molecule has 23 aromatic rings. The van der Waals surface area contributed by atoms with E-state index in [0.29, 0.717) is 11.8 Å². The van der Waals surface area contributed by atoms with Gasteiger partial charge in [-0.1, -0.05) is 262 Å². The van der Waals surface area contributed by atoms with Gasteiger partial charge in [0.25, 0.3) is 0 Å². The maximum atomic E-state index is 2.58. The number of aromatic nitrogens is 3. The van der Waals surface area contributed by atoms with E-state index in [1.807, 2.05) is 0 Å². The van der Waals surface area contributed by atoms with E-state index in [4.69, 9.17) is 0 Å². The minimum Gasteiger partial charge on any atom is -0.308 e. The van der Waals surface area contributed by atoms with Crippen LogP contribution < -0.4 is 0 Å². The average Bonchev–Trinajstić information content (AvgIpc) is 1.52. The van der Waals surface area contributed by atoms with Crippen LogP contribution in [0.25, 0.3) is 201 Å². The maximum absolute atomic E-state index is 2.58. The Hall–Kier alpha value is -12.3. The largest absolute Gasteiger partial charge is 0.308 e. The molecule has 6 heterocycles. The molecule has 25 rings (SSSR count). The number of rotatable bonds is 2. The molecule has 2 aliphatic carbocycles. The van der Waals surface area contributed by atoms with Crippen molar-refractivity contribution >= 4 is 179 Å². The Morgan fingerprint density at radius 1 is 0.219 bits per heavy atom. The summed E-state index contributed by atoms with van der Waals surface area (Å²) in [5, 5.41) is 32.1. The van der Waals surface area contributed by atoms with Crippen molar-refractivity contribution in [2.45, 2.75) is 78.1 Å². The van der Waals surface area contributed by atoms with Crippen molar-refractivity contribution < 1.29 is 0 Å². The highest BCUT2D eigenvalue weighted by Gasteiger charge is 2.41. The Morgan fingerprint density at radius 3 is 1.04 bits per heavy atom. The first-order chi connectivity index (χ1) is 51.2. The predicted molar refractivity (Wildman–Crippen MR) is 452 cm³/mol. The Bertz CT molecular complexity index is 7760. The standard InChI is InChI=1S/C41H35N.C35H23N.C26H15N/c1-22(2)24-11-13-26-19-36-31(17-28(26)15-24)33-21-32-30-9-7-8-10-35(30)41(5,6)39(32)38-34-18-29-16-25(23(3)4)12-14-27(29)20-37(34)42(36)40(33)38;1-35(2)29-14-8-7-13-24(29)26-19-27-25-15-20-9-3-5-11-22(20)17-30(25)36-31-18-23-12-6-4-10-21(23)16-28(31)32(33(26)35)34(27)36;1-2-8-18-15-24-22(14-17(18)7-1)20-10-5-11-21-25-19-9-4-3-6-16(19)12-13-23(25)27(24)26(20)21/h7-23H,1-6H3;3-19H,1-2H3;1-15H. The summed E-state index contributed by atoms with van der Waals surface area (Å²) in [6.45, 7) is 18.8. The summed E-state index contributed by atoms with van der Waals surface area (Å²) in [7, 11) is 0. The molecule has 0 fully saturated rings. The van der Waals surface area contributed by atoms with Crippen molar-refractivity contribution in [3.05, 3.63) is 318 Å². The maximum Gasteiger partial charge on any atom is 0.0624 e. The van der Waals surface area contributed by atoms with Crippen LogP contribution in [-0.2, 0) is 10.8 Å². The SMILES string of the molecule is CC(C)c1ccc2cc3c(cc2c1)c1cc2c(c4c5cc6cc(C(C)C)ccc6cc5n3c14)C(C)(C)c1ccccc1-2.CC1(C)c2ccccc2-c2cc3c4cc5ccccc5cc4n4c5cc6ccccc6cc5c(c21)c34.c1ccc2cc3c(cc2c1)c1cccc2c4c5ccccc5ccc4n3c12. The van der Waals surface area contributed by atoms with Crippen molar-refractivity contribution in [1.82, 2.24) is 13.2 Å². The Balaban J connectivity index is 0.0000000981. The van der Waals surface area contributed by atoms with Crippen LogP contribution in [0.3, 0.4) is 0 Å². The van der Waals surface area contributed by atoms with E-state index >= 15 is 0 Å². The summed E-state index contributed by atoms with van der Waals surface area (Å²) in [5.41, 5.74) is 25.9. The first-order valence-corrected chi connectivity index (χ1v) is 37.7. The van der Waals surface area contributed by atoms with Gasteiger partial charge in [0.15, 0.2) is 0 Å². The Kier molecular flexibility index (Phi) is 11.7. The third-order valence-corrected chi connectivity index (χ3v) is 25.3. The highest BCUT2D eigenvalue weighted by Crippen LogP contribution is 2.58. The highest BCUT2D eigenvalue weighted by atomic mass is 14.9. The molecule has 0 bridgehead atoms. The van der Waals surface area contributed by atoms with E-state index in [9.17, 15) is 0 Å². The fourth-order valence-corrected chi connectivity index (χ4v) is 20.3. The molecule has 6 aromatic heterocycles. The van der Waals surface area contributed by atoms with Gasteiger partial charge in [0.1, 0.15) is 0 Å². The summed E-state index contributed by atoms with van der Waals surface area (Å²) >= 11 is 0. The lowest BCUT2D eigenvalue weighted by Gasteiger charge is -2.22. The van der Waals surface area contributed by atoms with Crippen LogP contribution in [-0.4, -0.2) is 13.2 Å². The third-order valence-electron chi connectivity index (χ3n) is 25.3. The summed E-state index contributed by atoms with van der Waals surface area (Å²) in [6.07, 6.45) is 0. The van der Waals surface area contributed by atoms with Gasteiger partial charge in [-0.15, -0.1) is 0 Å². The number of hydrogen-bond donors (Lipinski definition) is 0. The quantitative estimate of drug-likeness (QED) is 0.164. The molecule has 0 saturated carbocycles. The van der Waals surface area contributed by atoms with Gasteiger partial charge in [-0.3, -0.25) is 0 Å². The van der Waals surface area contributed by atoms with Crippen LogP contribution >= 0.6 is 0 Å². The van der Waals surface area contributed by atoms with Crippen molar-refractivity contribution in [1.29, 1.82) is 0 Å². The fourth-order valence-electron chi connectivity index (χ4n) is 20.3. The summed E-state index contributed by atoms with van der Waals surface area (Å²) in [5.74, 6) is 1.02. The molecule has 3 nitrogen and oxygen atoms in total. The van der Waals surface area contributed by atoms with Crippen LogP contribution in [0.5, 0.6) is 0 Å². The second-order valence-corrected chi connectivity index (χ2v) is 32.3. The van der Waals surface area contributed by atoms with E-state index < -0.39 is 0 Å². The Morgan fingerprint density at radius 2 is 0.562 bits per heavy atom. The third kappa shape index (κ3) is 7.84. The van der Waals surface area contributed by atoms with Crippen LogP contribution in [0.4, 0.5) is 0 Å². The van der Waals surface area contributed by atoms with Crippen LogP contribution in [0.1, 0.15) is 101 Å². The molecule has 0 aliphatic heterocycles. The van der Waals surface area contributed by atoms with Gasteiger partial charge in [0.2, 0.25) is 0 Å². The van der Waals surface area contributed by atoms with E-state index in [0.717, 1.165) is 0 Å². The molecule has 0 N–H and O–H groups in total. The van der Waals surface area contributed by atoms with Crippen molar-refractivity contribution in [3.63, 3.8) is 0 Å². The summed E-state index contributed by atoms with van der Waals surface area (Å²) < 4.78 is 7.60. The molecule has 0 radical (unpaired) electrons. The van der Waals surface area contributed by atoms with E-state index in [1.54, 1.807) is 0 Å². The first kappa shape index (κ1) is 59.3. The van der Waals surface area contributed by atoms with Crippen molar-refractivity contribution in [3.8, 4) is 22.3 Å². The lowest BCUT2D eigenvalue weighted by molar-refractivity contribution is 0.666.